The van der Waals surface area contributed by atoms with Crippen molar-refractivity contribution in [2.24, 2.45) is 5.73 Å². The molecule has 0 spiro atoms. The molecule has 3 heteroatoms. The van der Waals surface area contributed by atoms with Gasteiger partial charge in [0, 0.05) is 16.7 Å². The van der Waals surface area contributed by atoms with Crippen LogP contribution in [0.25, 0.3) is 0 Å². The molecule has 0 heterocycles. The van der Waals surface area contributed by atoms with Gasteiger partial charge in [-0.3, -0.25) is 4.79 Å². The summed E-state index contributed by atoms with van der Waals surface area (Å²) in [6.45, 7) is 3.89. The first-order valence-corrected chi connectivity index (χ1v) is 8.68. The first-order valence-electron chi connectivity index (χ1n) is 8.68. The monoisotopic (exact) mass is 345 g/mol. The average Bonchev–Trinajstić information content (AvgIpc) is 2.68. The first-order chi connectivity index (χ1) is 12.6. The number of carbonyl (C=O) groups excluding carboxylic acids is 1. The summed E-state index contributed by atoms with van der Waals surface area (Å²) in [5, 5.41) is 0. The maximum atomic E-state index is 12.4. The molecular formula is C23H23NO2. The minimum atomic E-state index is -1.04. The highest BCUT2D eigenvalue weighted by atomic mass is 16.6. The summed E-state index contributed by atoms with van der Waals surface area (Å²) < 4.78 is 6.10. The second-order valence-electron chi connectivity index (χ2n) is 6.41. The van der Waals surface area contributed by atoms with Gasteiger partial charge in [0.15, 0.2) is 5.60 Å². The molecule has 3 aromatic carbocycles. The summed E-state index contributed by atoms with van der Waals surface area (Å²) in [5.41, 5.74) is 9.45. The van der Waals surface area contributed by atoms with Gasteiger partial charge in [-0.1, -0.05) is 84.4 Å². The molecule has 0 amide bonds. The largest absolute Gasteiger partial charge is 0.443 e. The Morgan fingerprint density at radius 1 is 0.846 bits per heavy atom. The molecule has 2 N–H and O–H groups in total. The topological polar surface area (TPSA) is 52.3 Å². The second-order valence-corrected chi connectivity index (χ2v) is 6.41. The van der Waals surface area contributed by atoms with Crippen molar-refractivity contribution in [2.75, 3.05) is 6.54 Å². The Labute approximate surface area is 154 Å². The van der Waals surface area contributed by atoms with E-state index in [9.17, 15) is 4.79 Å². The minimum absolute atomic E-state index is 0.174. The van der Waals surface area contributed by atoms with Crippen LogP contribution in [0.3, 0.4) is 0 Å². The number of hydrogen-bond donors (Lipinski definition) is 1. The number of rotatable bonds is 5. The summed E-state index contributed by atoms with van der Waals surface area (Å²) in [6, 6.07) is 25.9. The predicted molar refractivity (Wildman–Crippen MR) is 104 cm³/mol. The van der Waals surface area contributed by atoms with Crippen molar-refractivity contribution in [1.29, 1.82) is 0 Å². The molecule has 0 bridgehead atoms. The van der Waals surface area contributed by atoms with E-state index >= 15 is 0 Å². The normalized spacial score (nSPS) is 13.0. The lowest BCUT2D eigenvalue weighted by Gasteiger charge is -2.36. The summed E-state index contributed by atoms with van der Waals surface area (Å²) in [6.07, 6.45) is 0. The predicted octanol–water partition coefficient (Wildman–Crippen LogP) is 4.10. The maximum absolute atomic E-state index is 12.4. The highest BCUT2D eigenvalue weighted by Gasteiger charge is 2.41. The van der Waals surface area contributed by atoms with Gasteiger partial charge in [-0.2, -0.15) is 0 Å². The van der Waals surface area contributed by atoms with Crippen molar-refractivity contribution in [3.8, 4) is 0 Å². The van der Waals surface area contributed by atoms with Crippen molar-refractivity contribution in [3.63, 3.8) is 0 Å². The fourth-order valence-electron chi connectivity index (χ4n) is 3.29. The van der Waals surface area contributed by atoms with E-state index in [1.54, 1.807) is 0 Å². The van der Waals surface area contributed by atoms with Crippen LogP contribution in [0.15, 0.2) is 78.9 Å². The molecule has 0 aliphatic heterocycles. The molecule has 3 nitrogen and oxygen atoms in total. The Hall–Kier alpha value is -2.91. The minimum Gasteiger partial charge on any atom is -0.443 e. The van der Waals surface area contributed by atoms with Gasteiger partial charge in [0.1, 0.15) is 0 Å². The van der Waals surface area contributed by atoms with Crippen LogP contribution < -0.4 is 5.73 Å². The zero-order valence-electron chi connectivity index (χ0n) is 15.1. The van der Waals surface area contributed by atoms with Crippen LogP contribution in [0, 0.1) is 13.8 Å². The molecule has 0 saturated heterocycles. The molecule has 132 valence electrons. The third-order valence-corrected chi connectivity index (χ3v) is 4.60. The molecule has 0 aliphatic carbocycles. The van der Waals surface area contributed by atoms with Crippen LogP contribution >= 0.6 is 0 Å². The molecule has 3 rings (SSSR count). The summed E-state index contributed by atoms with van der Waals surface area (Å²) >= 11 is 0. The van der Waals surface area contributed by atoms with Gasteiger partial charge in [-0.05, 0) is 19.4 Å². The number of hydrogen-bond acceptors (Lipinski definition) is 3. The van der Waals surface area contributed by atoms with Crippen LogP contribution in [-0.2, 0) is 15.1 Å². The molecular weight excluding hydrogens is 322 g/mol. The van der Waals surface area contributed by atoms with Crippen molar-refractivity contribution in [2.45, 2.75) is 19.4 Å². The number of aryl methyl sites for hydroxylation is 2. The van der Waals surface area contributed by atoms with Gasteiger partial charge < -0.3 is 10.5 Å². The van der Waals surface area contributed by atoms with Gasteiger partial charge in [0.25, 0.3) is 0 Å². The van der Waals surface area contributed by atoms with Crippen molar-refractivity contribution >= 4 is 5.97 Å². The van der Waals surface area contributed by atoms with E-state index in [-0.39, 0.29) is 6.54 Å². The zero-order valence-corrected chi connectivity index (χ0v) is 15.1. The number of benzene rings is 3. The van der Waals surface area contributed by atoms with Crippen LogP contribution in [0.4, 0.5) is 0 Å². The third kappa shape index (κ3) is 3.26. The van der Waals surface area contributed by atoms with Crippen LogP contribution in [0.1, 0.15) is 27.8 Å². The van der Waals surface area contributed by atoms with Crippen LogP contribution in [-0.4, -0.2) is 12.5 Å². The smallest absolute Gasteiger partial charge is 0.321 e. The van der Waals surface area contributed by atoms with E-state index in [4.69, 9.17) is 10.5 Å². The molecule has 1 unspecified atom stereocenters. The van der Waals surface area contributed by atoms with E-state index in [2.05, 4.69) is 0 Å². The Morgan fingerprint density at radius 3 is 2.04 bits per heavy atom. The summed E-state index contributed by atoms with van der Waals surface area (Å²) in [5.74, 6) is -0.447. The SMILES string of the molecule is Cc1ccc(C(OC(=O)CN)(c2ccccc2)c2ccccc2C)cc1. The molecule has 1 atom stereocenters. The summed E-state index contributed by atoms with van der Waals surface area (Å²) in [7, 11) is 0. The number of ether oxygens (including phenoxy) is 1. The van der Waals surface area contributed by atoms with Crippen molar-refractivity contribution in [3.05, 3.63) is 107 Å². The van der Waals surface area contributed by atoms with E-state index in [1.165, 1.54) is 0 Å². The lowest BCUT2D eigenvalue weighted by atomic mass is 9.78. The highest BCUT2D eigenvalue weighted by molar-refractivity contribution is 5.73. The van der Waals surface area contributed by atoms with Gasteiger partial charge in [-0.15, -0.1) is 0 Å². The Bertz CT molecular complexity index is 888. The van der Waals surface area contributed by atoms with E-state index in [0.717, 1.165) is 27.8 Å². The fraction of sp³-hybridized carbons (Fsp3) is 0.174. The Morgan fingerprint density at radius 2 is 1.42 bits per heavy atom. The number of carbonyl (C=O) groups is 1. The number of nitrogens with two attached hydrogens (primary N) is 1. The van der Waals surface area contributed by atoms with Gasteiger partial charge in [-0.25, -0.2) is 0 Å². The average molecular weight is 345 g/mol. The van der Waals surface area contributed by atoms with E-state index in [0.29, 0.717) is 0 Å². The standard InChI is InChI=1S/C23H23NO2/c1-17-12-14-20(15-13-17)23(26-22(25)16-24,19-9-4-3-5-10-19)21-11-7-6-8-18(21)2/h3-15H,16,24H2,1-2H3. The molecule has 0 fully saturated rings. The highest BCUT2D eigenvalue weighted by Crippen LogP contribution is 2.42. The summed E-state index contributed by atoms with van der Waals surface area (Å²) in [4.78, 5) is 12.4. The molecule has 0 aliphatic rings. The van der Waals surface area contributed by atoms with Crippen LogP contribution in [0.2, 0.25) is 0 Å². The molecule has 26 heavy (non-hydrogen) atoms. The lowest BCUT2D eigenvalue weighted by molar-refractivity contribution is -0.151. The Balaban J connectivity index is 2.36. The molecule has 0 saturated carbocycles. The van der Waals surface area contributed by atoms with Crippen molar-refractivity contribution in [1.82, 2.24) is 0 Å². The van der Waals surface area contributed by atoms with E-state index < -0.39 is 11.6 Å². The molecule has 0 radical (unpaired) electrons. The van der Waals surface area contributed by atoms with Crippen LogP contribution in [0.5, 0.6) is 0 Å². The maximum Gasteiger partial charge on any atom is 0.321 e. The first kappa shape index (κ1) is 17.9. The van der Waals surface area contributed by atoms with E-state index in [1.807, 2.05) is 92.7 Å². The third-order valence-electron chi connectivity index (χ3n) is 4.60. The van der Waals surface area contributed by atoms with Gasteiger partial charge >= 0.3 is 5.97 Å². The van der Waals surface area contributed by atoms with Crippen molar-refractivity contribution < 1.29 is 9.53 Å². The quantitative estimate of drug-likeness (QED) is 0.559. The Kier molecular flexibility index (Phi) is 5.19. The second kappa shape index (κ2) is 7.54. The van der Waals surface area contributed by atoms with Gasteiger partial charge in [0.2, 0.25) is 0 Å². The van der Waals surface area contributed by atoms with Gasteiger partial charge in [0.05, 0.1) is 6.54 Å². The lowest BCUT2D eigenvalue weighted by Crippen LogP contribution is -2.38. The molecule has 3 aromatic rings. The molecule has 0 aromatic heterocycles. The fourth-order valence-corrected chi connectivity index (χ4v) is 3.29. The zero-order chi connectivity index (χ0) is 18.6. The number of esters is 1.